The number of thiophene rings is 1. The molecule has 1 spiro atoms. The summed E-state index contributed by atoms with van der Waals surface area (Å²) in [4.78, 5) is 25.2. The largest absolute Gasteiger partial charge is 0.471 e. The Bertz CT molecular complexity index is 691. The molecule has 4 nitrogen and oxygen atoms in total. The zero-order valence-corrected chi connectivity index (χ0v) is 14.5. The zero-order valence-electron chi connectivity index (χ0n) is 12.9. The number of nitrogens with zero attached hydrogens (tertiary/aromatic N) is 1. The topological polar surface area (TPSA) is 46.6 Å². The predicted molar refractivity (Wildman–Crippen MR) is 82.3 cm³/mol. The highest BCUT2D eigenvalue weighted by Gasteiger charge is 2.54. The van der Waals surface area contributed by atoms with Crippen LogP contribution in [0, 0.1) is 0 Å². The van der Waals surface area contributed by atoms with Gasteiger partial charge in [-0.15, -0.1) is 11.3 Å². The second kappa shape index (κ2) is 5.71. The maximum absolute atomic E-state index is 12.8. The highest BCUT2D eigenvalue weighted by atomic mass is 35.5. The average Bonchev–Trinajstić information content (AvgIpc) is 2.85. The molecule has 0 radical (unpaired) electrons. The number of fused-ring (bicyclic) bond motifs is 2. The number of carbonyl (C=O) groups excluding carboxylic acids is 2. The first kappa shape index (κ1) is 17.7. The van der Waals surface area contributed by atoms with Gasteiger partial charge in [0.1, 0.15) is 12.2 Å². The highest BCUT2D eigenvalue weighted by molar-refractivity contribution is 7.16. The molecule has 0 saturated carbocycles. The summed E-state index contributed by atoms with van der Waals surface area (Å²) in [5.41, 5.74) is -0.395. The van der Waals surface area contributed by atoms with Crippen molar-refractivity contribution >= 4 is 34.6 Å². The summed E-state index contributed by atoms with van der Waals surface area (Å²) < 4.78 is 44.7. The van der Waals surface area contributed by atoms with Gasteiger partial charge < -0.3 is 9.64 Å². The first-order chi connectivity index (χ1) is 11.0. The quantitative estimate of drug-likeness (QED) is 0.687. The molecule has 0 N–H and O–H groups in total. The first-order valence-corrected chi connectivity index (χ1v) is 8.61. The summed E-state index contributed by atoms with van der Waals surface area (Å²) in [5.74, 6) is -2.03. The van der Waals surface area contributed by atoms with Crippen molar-refractivity contribution in [3.63, 3.8) is 0 Å². The number of ether oxygens (including phenoxy) is 1. The molecule has 1 unspecified atom stereocenters. The van der Waals surface area contributed by atoms with Gasteiger partial charge in [-0.05, 0) is 19.9 Å². The van der Waals surface area contributed by atoms with Crippen molar-refractivity contribution in [2.24, 2.45) is 0 Å². The maximum atomic E-state index is 12.8. The third-order valence-corrected chi connectivity index (χ3v) is 6.02. The number of alkyl halides is 3. The van der Waals surface area contributed by atoms with E-state index in [2.05, 4.69) is 0 Å². The monoisotopic (exact) mass is 381 g/mol. The molecular weight excluding hydrogens is 367 g/mol. The summed E-state index contributed by atoms with van der Waals surface area (Å²) in [6, 6.07) is 0.228. The van der Waals surface area contributed by atoms with E-state index in [0.29, 0.717) is 14.8 Å². The van der Waals surface area contributed by atoms with E-state index in [1.807, 2.05) is 0 Å². The number of hydrogen-bond acceptors (Lipinski definition) is 4. The molecule has 1 fully saturated rings. The van der Waals surface area contributed by atoms with Crippen molar-refractivity contribution in [1.29, 1.82) is 0 Å². The van der Waals surface area contributed by atoms with Gasteiger partial charge in [-0.25, -0.2) is 0 Å². The van der Waals surface area contributed by atoms with Gasteiger partial charge in [0, 0.05) is 35.4 Å². The van der Waals surface area contributed by atoms with Crippen molar-refractivity contribution in [1.82, 2.24) is 4.90 Å². The standard InChI is InChI=1S/C15H15ClF3NO3S/c1-7-4-14(5-8(2)20(7)13(22)15(17,18)19)12-9(3-11(16)24-12)10(21)6-23-14/h3,7-8H,4-6H2,1-2H3/t7-,8+,14?. The van der Waals surface area contributed by atoms with Crippen LogP contribution in [0.25, 0.3) is 0 Å². The summed E-state index contributed by atoms with van der Waals surface area (Å²) in [6.45, 7) is 3.00. The van der Waals surface area contributed by atoms with E-state index < -0.39 is 29.8 Å². The summed E-state index contributed by atoms with van der Waals surface area (Å²) in [7, 11) is 0. The Morgan fingerprint density at radius 2 is 1.96 bits per heavy atom. The van der Waals surface area contributed by atoms with Gasteiger partial charge in [0.2, 0.25) is 0 Å². The number of carbonyl (C=O) groups is 2. The molecule has 1 saturated heterocycles. The van der Waals surface area contributed by atoms with Gasteiger partial charge in [0.25, 0.3) is 0 Å². The summed E-state index contributed by atoms with van der Waals surface area (Å²) in [5, 5.41) is 0. The van der Waals surface area contributed by atoms with E-state index >= 15 is 0 Å². The first-order valence-electron chi connectivity index (χ1n) is 7.41. The Labute approximate surface area is 145 Å². The van der Waals surface area contributed by atoms with Crippen molar-refractivity contribution in [3.05, 3.63) is 20.8 Å². The van der Waals surface area contributed by atoms with Crippen molar-refractivity contribution in [2.45, 2.75) is 50.6 Å². The molecule has 1 amide bonds. The van der Waals surface area contributed by atoms with Crippen molar-refractivity contribution in [2.75, 3.05) is 6.61 Å². The molecule has 9 heteroatoms. The molecule has 132 valence electrons. The fourth-order valence-electron chi connectivity index (χ4n) is 3.77. The lowest BCUT2D eigenvalue weighted by molar-refractivity contribution is -0.198. The Balaban J connectivity index is 1.96. The Kier molecular flexibility index (Phi) is 4.21. The van der Waals surface area contributed by atoms with Gasteiger partial charge in [0.15, 0.2) is 5.78 Å². The molecular formula is C15H15ClF3NO3S. The van der Waals surface area contributed by atoms with E-state index in [0.717, 1.165) is 4.90 Å². The lowest BCUT2D eigenvalue weighted by Gasteiger charge is -2.49. The number of halogens is 4. The van der Waals surface area contributed by atoms with E-state index in [9.17, 15) is 22.8 Å². The Morgan fingerprint density at radius 3 is 2.50 bits per heavy atom. The van der Waals surface area contributed by atoms with E-state index in [1.54, 1.807) is 19.9 Å². The number of amides is 1. The van der Waals surface area contributed by atoms with Crippen molar-refractivity contribution < 1.29 is 27.5 Å². The minimum Gasteiger partial charge on any atom is -0.361 e. The number of piperidine rings is 1. The number of rotatable bonds is 0. The van der Waals surface area contributed by atoms with Gasteiger partial charge in [-0.1, -0.05) is 11.6 Å². The highest BCUT2D eigenvalue weighted by Crippen LogP contribution is 2.49. The fourth-order valence-corrected chi connectivity index (χ4v) is 5.18. The second-order valence-electron chi connectivity index (χ2n) is 6.32. The van der Waals surface area contributed by atoms with E-state index in [-0.39, 0.29) is 25.2 Å². The number of Topliss-reactive ketones (excluding diaryl/α,β-unsaturated/α-hetero) is 1. The van der Waals surface area contributed by atoms with Crippen LogP contribution in [0.2, 0.25) is 4.34 Å². The van der Waals surface area contributed by atoms with Gasteiger partial charge >= 0.3 is 12.1 Å². The Hall–Kier alpha value is -1.12. The molecule has 3 rings (SSSR count). The number of hydrogen-bond donors (Lipinski definition) is 0. The van der Waals surface area contributed by atoms with Crippen LogP contribution in [0.4, 0.5) is 13.2 Å². The Morgan fingerprint density at radius 1 is 1.38 bits per heavy atom. The van der Waals surface area contributed by atoms with Crippen LogP contribution in [-0.2, 0) is 15.1 Å². The van der Waals surface area contributed by atoms with Gasteiger partial charge in [-0.3, -0.25) is 9.59 Å². The van der Waals surface area contributed by atoms with Crippen LogP contribution in [0.15, 0.2) is 6.07 Å². The lowest BCUT2D eigenvalue weighted by atomic mass is 9.79. The van der Waals surface area contributed by atoms with Crippen LogP contribution in [-0.4, -0.2) is 41.5 Å². The molecule has 1 aromatic heterocycles. The predicted octanol–water partition coefficient (Wildman–Crippen LogP) is 3.77. The second-order valence-corrected chi connectivity index (χ2v) is 8.00. The number of likely N-dealkylation sites (tertiary alicyclic amines) is 1. The molecule has 2 aliphatic heterocycles. The van der Waals surface area contributed by atoms with Crippen LogP contribution in [0.3, 0.4) is 0 Å². The van der Waals surface area contributed by atoms with Crippen LogP contribution < -0.4 is 0 Å². The molecule has 0 aliphatic carbocycles. The third kappa shape index (κ3) is 2.74. The van der Waals surface area contributed by atoms with Crippen LogP contribution in [0.5, 0.6) is 0 Å². The molecule has 0 aromatic carbocycles. The number of ketones is 1. The SMILES string of the molecule is C[C@@H]1CC2(C[C@H](C)N1C(=O)C(F)(F)F)OCC(=O)c1cc(Cl)sc12. The fraction of sp³-hybridized carbons (Fsp3) is 0.600. The van der Waals surface area contributed by atoms with E-state index in [4.69, 9.17) is 16.3 Å². The van der Waals surface area contributed by atoms with Crippen LogP contribution >= 0.6 is 22.9 Å². The smallest absolute Gasteiger partial charge is 0.361 e. The maximum Gasteiger partial charge on any atom is 0.471 e. The molecule has 3 atom stereocenters. The zero-order chi connectivity index (χ0) is 17.9. The molecule has 1 aromatic rings. The summed E-state index contributed by atoms with van der Waals surface area (Å²) in [6.07, 6.45) is -4.53. The molecule has 2 aliphatic rings. The minimum atomic E-state index is -4.91. The van der Waals surface area contributed by atoms with Crippen molar-refractivity contribution in [3.8, 4) is 0 Å². The lowest BCUT2D eigenvalue weighted by Crippen LogP contribution is -2.59. The van der Waals surface area contributed by atoms with E-state index in [1.165, 1.54) is 11.3 Å². The third-order valence-electron chi connectivity index (χ3n) is 4.57. The van der Waals surface area contributed by atoms with Gasteiger partial charge in [0.05, 0.1) is 4.34 Å². The molecule has 0 bridgehead atoms. The summed E-state index contributed by atoms with van der Waals surface area (Å²) >= 11 is 7.24. The molecule has 3 heterocycles. The van der Waals surface area contributed by atoms with Gasteiger partial charge in [-0.2, -0.15) is 13.2 Å². The van der Waals surface area contributed by atoms with Crippen LogP contribution in [0.1, 0.15) is 41.9 Å². The normalized spacial score (nSPS) is 30.6. The molecule has 24 heavy (non-hydrogen) atoms. The minimum absolute atomic E-state index is 0.132. The average molecular weight is 382 g/mol.